The first kappa shape index (κ1) is 17.5. The van der Waals surface area contributed by atoms with Crippen LogP contribution in [0.2, 0.25) is 0 Å². The van der Waals surface area contributed by atoms with Crippen LogP contribution in [0.1, 0.15) is 13.8 Å². The molecule has 2 aromatic carbocycles. The normalized spacial score (nSPS) is 10.2. The van der Waals surface area contributed by atoms with Crippen molar-refractivity contribution in [3.05, 3.63) is 42.5 Å². The summed E-state index contributed by atoms with van der Waals surface area (Å²) in [6.45, 7) is 3.82. The predicted molar refractivity (Wildman–Crippen MR) is 96.6 cm³/mol. The molecule has 0 aromatic heterocycles. The summed E-state index contributed by atoms with van der Waals surface area (Å²) in [6, 6.07) is 12.9. The Kier molecular flexibility index (Phi) is 5.89. The molecule has 0 bridgehead atoms. The number of rotatable bonds is 6. The van der Waals surface area contributed by atoms with Crippen molar-refractivity contribution < 1.29 is 14.3 Å². The summed E-state index contributed by atoms with van der Waals surface area (Å²) in [5, 5.41) is 8.84. The lowest BCUT2D eigenvalue weighted by Crippen LogP contribution is -2.34. The lowest BCUT2D eigenvalue weighted by atomic mass is 10.2. The highest BCUT2D eigenvalue weighted by Crippen LogP contribution is 2.31. The van der Waals surface area contributed by atoms with E-state index in [-0.39, 0.29) is 12.1 Å². The molecule has 128 valence electrons. The molecule has 0 unspecified atom stereocenters. The van der Waals surface area contributed by atoms with Crippen molar-refractivity contribution in [1.29, 1.82) is 0 Å². The molecular formula is C18H23N3O3. The zero-order valence-corrected chi connectivity index (χ0v) is 14.3. The second-order valence-corrected chi connectivity index (χ2v) is 5.53. The number of ether oxygens (including phenoxy) is 2. The lowest BCUT2D eigenvalue weighted by Gasteiger charge is -2.12. The number of carbonyl (C=O) groups excluding carboxylic acids is 1. The van der Waals surface area contributed by atoms with Gasteiger partial charge in [-0.15, -0.1) is 0 Å². The Bertz CT molecular complexity index is 684. The summed E-state index contributed by atoms with van der Waals surface area (Å²) >= 11 is 0. The molecule has 0 spiro atoms. The predicted octanol–water partition coefficient (Wildman–Crippen LogP) is 3.98. The van der Waals surface area contributed by atoms with Crippen molar-refractivity contribution in [2.75, 3.05) is 24.9 Å². The average molecular weight is 329 g/mol. The quantitative estimate of drug-likeness (QED) is 0.750. The highest BCUT2D eigenvalue weighted by atomic mass is 16.5. The van der Waals surface area contributed by atoms with Crippen LogP contribution in [0.3, 0.4) is 0 Å². The number of hydrogen-bond donors (Lipinski definition) is 3. The monoisotopic (exact) mass is 329 g/mol. The summed E-state index contributed by atoms with van der Waals surface area (Å²) in [5.41, 5.74) is 2.51. The molecular weight excluding hydrogens is 306 g/mol. The average Bonchev–Trinajstić information content (AvgIpc) is 2.55. The third kappa shape index (κ3) is 4.81. The molecule has 2 aromatic rings. The number of anilines is 3. The molecule has 0 aliphatic rings. The van der Waals surface area contributed by atoms with Gasteiger partial charge in [0.2, 0.25) is 0 Å². The Morgan fingerprint density at radius 1 is 0.875 bits per heavy atom. The van der Waals surface area contributed by atoms with Gasteiger partial charge in [0, 0.05) is 29.2 Å². The topological polar surface area (TPSA) is 71.6 Å². The molecule has 0 fully saturated rings. The van der Waals surface area contributed by atoms with Crippen LogP contribution in [0.25, 0.3) is 0 Å². The number of amides is 2. The van der Waals surface area contributed by atoms with Gasteiger partial charge in [0.05, 0.1) is 14.2 Å². The molecule has 0 saturated carbocycles. The van der Waals surface area contributed by atoms with E-state index in [4.69, 9.17) is 9.47 Å². The molecule has 0 radical (unpaired) electrons. The fourth-order valence-corrected chi connectivity index (χ4v) is 2.15. The molecule has 3 N–H and O–H groups in total. The van der Waals surface area contributed by atoms with E-state index in [2.05, 4.69) is 16.0 Å². The number of carbonyl (C=O) groups is 1. The highest BCUT2D eigenvalue weighted by Gasteiger charge is 2.06. The van der Waals surface area contributed by atoms with Crippen molar-refractivity contribution in [1.82, 2.24) is 5.32 Å². The number of nitrogens with one attached hydrogen (secondary N) is 3. The first-order valence-electron chi connectivity index (χ1n) is 7.68. The maximum atomic E-state index is 11.7. The first-order chi connectivity index (χ1) is 11.5. The number of hydrogen-bond acceptors (Lipinski definition) is 4. The summed E-state index contributed by atoms with van der Waals surface area (Å²) in [6.07, 6.45) is 0. The Hall–Kier alpha value is -2.89. The molecule has 0 heterocycles. The van der Waals surface area contributed by atoms with Gasteiger partial charge in [-0.3, -0.25) is 0 Å². The maximum absolute atomic E-state index is 11.7. The number of benzene rings is 2. The van der Waals surface area contributed by atoms with Crippen LogP contribution >= 0.6 is 0 Å². The van der Waals surface area contributed by atoms with Gasteiger partial charge in [-0.2, -0.15) is 0 Å². The van der Waals surface area contributed by atoms with Crippen LogP contribution in [-0.2, 0) is 0 Å². The standard InChI is InChI=1S/C18H23N3O3/c1-12(2)19-18(22)21-14-7-5-13(6-8-14)20-15-9-10-16(23-3)17(11-15)24-4/h5-12,20H,1-4H3,(H2,19,21,22). The highest BCUT2D eigenvalue weighted by molar-refractivity contribution is 5.89. The molecule has 0 saturated heterocycles. The third-order valence-electron chi connectivity index (χ3n) is 3.23. The molecule has 0 atom stereocenters. The van der Waals surface area contributed by atoms with E-state index < -0.39 is 0 Å². The van der Waals surface area contributed by atoms with Crippen LogP contribution < -0.4 is 25.4 Å². The van der Waals surface area contributed by atoms with Gasteiger partial charge in [-0.1, -0.05) is 0 Å². The second-order valence-electron chi connectivity index (χ2n) is 5.53. The van der Waals surface area contributed by atoms with Gasteiger partial charge in [0.15, 0.2) is 11.5 Å². The van der Waals surface area contributed by atoms with Gasteiger partial charge in [-0.25, -0.2) is 4.79 Å². The van der Waals surface area contributed by atoms with Crippen molar-refractivity contribution in [3.8, 4) is 11.5 Å². The Labute approximate surface area is 142 Å². The van der Waals surface area contributed by atoms with Gasteiger partial charge < -0.3 is 25.4 Å². The van der Waals surface area contributed by atoms with E-state index in [1.54, 1.807) is 14.2 Å². The van der Waals surface area contributed by atoms with Crippen molar-refractivity contribution in [2.45, 2.75) is 19.9 Å². The van der Waals surface area contributed by atoms with Gasteiger partial charge in [0.1, 0.15) is 0 Å². The van der Waals surface area contributed by atoms with Crippen molar-refractivity contribution in [3.63, 3.8) is 0 Å². The van der Waals surface area contributed by atoms with Gasteiger partial charge in [-0.05, 0) is 50.2 Å². The molecule has 24 heavy (non-hydrogen) atoms. The minimum atomic E-state index is -0.217. The molecule has 0 aliphatic carbocycles. The second kappa shape index (κ2) is 8.10. The van der Waals surface area contributed by atoms with Gasteiger partial charge >= 0.3 is 6.03 Å². The summed E-state index contributed by atoms with van der Waals surface area (Å²) in [7, 11) is 3.20. The number of methoxy groups -OCH3 is 2. The Morgan fingerprint density at radius 2 is 1.46 bits per heavy atom. The maximum Gasteiger partial charge on any atom is 0.319 e. The zero-order valence-electron chi connectivity index (χ0n) is 14.3. The molecule has 2 amide bonds. The molecule has 2 rings (SSSR count). The summed E-state index contributed by atoms with van der Waals surface area (Å²) in [5.74, 6) is 1.34. The number of urea groups is 1. The van der Waals surface area contributed by atoms with E-state index in [9.17, 15) is 4.79 Å². The fraction of sp³-hybridized carbons (Fsp3) is 0.278. The Morgan fingerprint density at radius 3 is 2.04 bits per heavy atom. The largest absolute Gasteiger partial charge is 0.493 e. The van der Waals surface area contributed by atoms with Crippen LogP contribution in [0.15, 0.2) is 42.5 Å². The van der Waals surface area contributed by atoms with Crippen LogP contribution in [-0.4, -0.2) is 26.3 Å². The molecule has 0 aliphatic heterocycles. The van der Waals surface area contributed by atoms with E-state index in [0.29, 0.717) is 11.5 Å². The van der Waals surface area contributed by atoms with Crippen LogP contribution in [0.5, 0.6) is 11.5 Å². The van der Waals surface area contributed by atoms with E-state index in [0.717, 1.165) is 17.1 Å². The zero-order chi connectivity index (χ0) is 17.5. The van der Waals surface area contributed by atoms with Crippen molar-refractivity contribution in [2.24, 2.45) is 0 Å². The Balaban J connectivity index is 2.02. The summed E-state index contributed by atoms with van der Waals surface area (Å²) in [4.78, 5) is 11.7. The summed E-state index contributed by atoms with van der Waals surface area (Å²) < 4.78 is 10.5. The first-order valence-corrected chi connectivity index (χ1v) is 7.68. The van der Waals surface area contributed by atoms with Crippen LogP contribution in [0, 0.1) is 0 Å². The minimum Gasteiger partial charge on any atom is -0.493 e. The molecule has 6 heteroatoms. The van der Waals surface area contributed by atoms with E-state index in [1.807, 2.05) is 56.3 Å². The smallest absolute Gasteiger partial charge is 0.319 e. The SMILES string of the molecule is COc1ccc(Nc2ccc(NC(=O)NC(C)C)cc2)cc1OC. The molecule has 6 nitrogen and oxygen atoms in total. The van der Waals surface area contributed by atoms with Crippen LogP contribution in [0.4, 0.5) is 21.9 Å². The fourth-order valence-electron chi connectivity index (χ4n) is 2.15. The van der Waals surface area contributed by atoms with E-state index in [1.165, 1.54) is 0 Å². The van der Waals surface area contributed by atoms with E-state index >= 15 is 0 Å². The van der Waals surface area contributed by atoms with Crippen molar-refractivity contribution >= 4 is 23.1 Å². The minimum absolute atomic E-state index is 0.0935. The third-order valence-corrected chi connectivity index (χ3v) is 3.23. The van der Waals surface area contributed by atoms with Gasteiger partial charge in [0.25, 0.3) is 0 Å². The lowest BCUT2D eigenvalue weighted by molar-refractivity contribution is 0.250.